The fraction of sp³-hybridized carbons (Fsp3) is 0.786. The highest BCUT2D eigenvalue weighted by atomic mass is 16.5. The molecule has 1 aromatic heterocycles. The highest BCUT2D eigenvalue weighted by Crippen LogP contribution is 2.32. The van der Waals surface area contributed by atoms with E-state index in [-0.39, 0.29) is 0 Å². The first kappa shape index (κ1) is 15.0. The number of aryl methyl sites for hydroxylation is 1. The van der Waals surface area contributed by atoms with Crippen molar-refractivity contribution in [1.29, 1.82) is 0 Å². The van der Waals surface area contributed by atoms with Crippen LogP contribution in [0.1, 0.15) is 52.3 Å². The summed E-state index contributed by atoms with van der Waals surface area (Å²) in [6.45, 7) is 10.6. The highest BCUT2D eigenvalue weighted by molar-refractivity contribution is 5.28. The molecule has 0 aliphatic heterocycles. The lowest BCUT2D eigenvalue weighted by Crippen LogP contribution is -2.29. The molecule has 0 amide bonds. The molecular formula is C14H27N3O. The van der Waals surface area contributed by atoms with Gasteiger partial charge in [-0.15, -0.1) is 0 Å². The lowest BCUT2D eigenvalue weighted by atomic mass is 9.93. The van der Waals surface area contributed by atoms with E-state index in [0.29, 0.717) is 12.0 Å². The van der Waals surface area contributed by atoms with Crippen molar-refractivity contribution in [1.82, 2.24) is 15.1 Å². The van der Waals surface area contributed by atoms with Crippen LogP contribution in [0.15, 0.2) is 6.20 Å². The molecule has 0 spiro atoms. The van der Waals surface area contributed by atoms with Crippen molar-refractivity contribution in [2.75, 3.05) is 13.7 Å². The van der Waals surface area contributed by atoms with E-state index in [1.807, 2.05) is 10.9 Å². The van der Waals surface area contributed by atoms with E-state index in [9.17, 15) is 0 Å². The Morgan fingerprint density at radius 3 is 2.61 bits per heavy atom. The fourth-order valence-corrected chi connectivity index (χ4v) is 2.51. The summed E-state index contributed by atoms with van der Waals surface area (Å²) < 4.78 is 7.50. The van der Waals surface area contributed by atoms with Gasteiger partial charge in [0.1, 0.15) is 0 Å². The molecule has 0 saturated heterocycles. The zero-order valence-corrected chi connectivity index (χ0v) is 12.4. The van der Waals surface area contributed by atoms with Crippen molar-refractivity contribution in [3.05, 3.63) is 11.9 Å². The van der Waals surface area contributed by atoms with E-state index in [1.165, 1.54) is 18.5 Å². The van der Waals surface area contributed by atoms with Crippen LogP contribution in [0.5, 0.6) is 5.75 Å². The van der Waals surface area contributed by atoms with Crippen molar-refractivity contribution in [3.8, 4) is 5.75 Å². The van der Waals surface area contributed by atoms with Gasteiger partial charge in [-0.1, -0.05) is 27.2 Å². The molecule has 0 fully saturated rings. The molecule has 1 rings (SSSR count). The molecule has 2 unspecified atom stereocenters. The van der Waals surface area contributed by atoms with Crippen LogP contribution in [0, 0.1) is 5.92 Å². The van der Waals surface area contributed by atoms with Crippen molar-refractivity contribution >= 4 is 0 Å². The molecule has 104 valence electrons. The Bertz CT molecular complexity index is 327. The lowest BCUT2D eigenvalue weighted by Gasteiger charge is -2.26. The Labute approximate surface area is 111 Å². The van der Waals surface area contributed by atoms with Crippen LogP contribution >= 0.6 is 0 Å². The largest absolute Gasteiger partial charge is 0.493 e. The zero-order valence-electron chi connectivity index (χ0n) is 12.4. The van der Waals surface area contributed by atoms with E-state index < -0.39 is 0 Å². The Balaban J connectivity index is 3.06. The SMILES string of the molecule is CCCC(C)C(NCC)c1c(OC)cnn1CC. The molecular weight excluding hydrogens is 226 g/mol. The Kier molecular flexibility index (Phi) is 6.19. The van der Waals surface area contributed by atoms with Gasteiger partial charge < -0.3 is 10.1 Å². The fourth-order valence-electron chi connectivity index (χ4n) is 2.51. The maximum absolute atomic E-state index is 5.46. The lowest BCUT2D eigenvalue weighted by molar-refractivity contribution is 0.329. The van der Waals surface area contributed by atoms with Gasteiger partial charge in [0, 0.05) is 6.54 Å². The maximum Gasteiger partial charge on any atom is 0.161 e. The molecule has 1 heterocycles. The van der Waals surface area contributed by atoms with Crippen molar-refractivity contribution in [3.63, 3.8) is 0 Å². The maximum atomic E-state index is 5.46. The quantitative estimate of drug-likeness (QED) is 0.774. The van der Waals surface area contributed by atoms with Gasteiger partial charge >= 0.3 is 0 Å². The summed E-state index contributed by atoms with van der Waals surface area (Å²) in [4.78, 5) is 0. The first-order valence-electron chi connectivity index (χ1n) is 7.02. The Morgan fingerprint density at radius 1 is 1.39 bits per heavy atom. The van der Waals surface area contributed by atoms with E-state index >= 15 is 0 Å². The van der Waals surface area contributed by atoms with Gasteiger partial charge in [0.05, 0.1) is 25.0 Å². The molecule has 4 heteroatoms. The molecule has 4 nitrogen and oxygen atoms in total. The van der Waals surface area contributed by atoms with Crippen LogP contribution in [-0.4, -0.2) is 23.4 Å². The average molecular weight is 253 g/mol. The number of nitrogens with zero attached hydrogens (tertiary/aromatic N) is 2. The molecule has 0 bridgehead atoms. The van der Waals surface area contributed by atoms with E-state index in [1.54, 1.807) is 7.11 Å². The van der Waals surface area contributed by atoms with Crippen LogP contribution in [0.3, 0.4) is 0 Å². The summed E-state index contributed by atoms with van der Waals surface area (Å²) in [5, 5.41) is 7.98. The van der Waals surface area contributed by atoms with Gasteiger partial charge in [0.2, 0.25) is 0 Å². The van der Waals surface area contributed by atoms with Gasteiger partial charge in [-0.25, -0.2) is 0 Å². The van der Waals surface area contributed by atoms with Gasteiger partial charge in [0.15, 0.2) is 5.75 Å². The number of nitrogens with one attached hydrogen (secondary N) is 1. The summed E-state index contributed by atoms with van der Waals surface area (Å²) >= 11 is 0. The molecule has 0 radical (unpaired) electrons. The molecule has 1 aromatic rings. The second-order valence-corrected chi connectivity index (χ2v) is 4.72. The van der Waals surface area contributed by atoms with Crippen LogP contribution < -0.4 is 10.1 Å². The minimum Gasteiger partial charge on any atom is -0.493 e. The molecule has 0 aliphatic carbocycles. The van der Waals surface area contributed by atoms with Gasteiger partial charge in [-0.2, -0.15) is 5.10 Å². The first-order valence-corrected chi connectivity index (χ1v) is 7.02. The normalized spacial score (nSPS) is 14.5. The summed E-state index contributed by atoms with van der Waals surface area (Å²) in [6, 6.07) is 0.312. The third-order valence-corrected chi connectivity index (χ3v) is 3.40. The number of aromatic nitrogens is 2. The summed E-state index contributed by atoms with van der Waals surface area (Å²) in [5.41, 5.74) is 1.18. The highest BCUT2D eigenvalue weighted by Gasteiger charge is 2.25. The van der Waals surface area contributed by atoms with E-state index in [0.717, 1.165) is 18.8 Å². The second-order valence-electron chi connectivity index (χ2n) is 4.72. The van der Waals surface area contributed by atoms with Crippen molar-refractivity contribution < 1.29 is 4.74 Å². The average Bonchev–Trinajstić information content (AvgIpc) is 2.78. The third-order valence-electron chi connectivity index (χ3n) is 3.40. The standard InChI is InChI=1S/C14H27N3O/c1-6-9-11(4)13(15-7-2)14-12(18-5)10-16-17(14)8-3/h10-11,13,15H,6-9H2,1-5H3. The van der Waals surface area contributed by atoms with Crippen LogP contribution in [0.4, 0.5) is 0 Å². The second kappa shape index (κ2) is 7.41. The summed E-state index contributed by atoms with van der Waals surface area (Å²) in [7, 11) is 1.72. The van der Waals surface area contributed by atoms with E-state index in [4.69, 9.17) is 4.74 Å². The summed E-state index contributed by atoms with van der Waals surface area (Å²) in [6.07, 6.45) is 4.23. The molecule has 1 N–H and O–H groups in total. The minimum absolute atomic E-state index is 0.312. The molecule has 18 heavy (non-hydrogen) atoms. The number of methoxy groups -OCH3 is 1. The van der Waals surface area contributed by atoms with Crippen LogP contribution in [0.25, 0.3) is 0 Å². The number of hydrogen-bond donors (Lipinski definition) is 1. The van der Waals surface area contributed by atoms with Crippen LogP contribution in [0.2, 0.25) is 0 Å². The predicted molar refractivity (Wildman–Crippen MR) is 74.9 cm³/mol. The molecule has 0 aromatic carbocycles. The van der Waals surface area contributed by atoms with Crippen molar-refractivity contribution in [2.45, 2.75) is 53.1 Å². The number of hydrogen-bond acceptors (Lipinski definition) is 3. The zero-order chi connectivity index (χ0) is 13.5. The predicted octanol–water partition coefficient (Wildman–Crippen LogP) is 3.00. The third kappa shape index (κ3) is 3.25. The Hall–Kier alpha value is -1.03. The minimum atomic E-state index is 0.312. The molecule has 0 aliphatic rings. The van der Waals surface area contributed by atoms with Gasteiger partial charge in [-0.05, 0) is 25.8 Å². The molecule has 2 atom stereocenters. The smallest absolute Gasteiger partial charge is 0.161 e. The first-order chi connectivity index (χ1) is 8.69. The summed E-state index contributed by atoms with van der Waals surface area (Å²) in [5.74, 6) is 1.47. The van der Waals surface area contributed by atoms with E-state index in [2.05, 4.69) is 38.1 Å². The number of rotatable bonds is 8. The van der Waals surface area contributed by atoms with Crippen LogP contribution in [-0.2, 0) is 6.54 Å². The monoisotopic (exact) mass is 253 g/mol. The Morgan fingerprint density at radius 2 is 2.11 bits per heavy atom. The van der Waals surface area contributed by atoms with Gasteiger partial charge in [-0.3, -0.25) is 4.68 Å². The van der Waals surface area contributed by atoms with Crippen molar-refractivity contribution in [2.24, 2.45) is 5.92 Å². The molecule has 0 saturated carbocycles. The van der Waals surface area contributed by atoms with Gasteiger partial charge in [0.25, 0.3) is 0 Å². The number of ether oxygens (including phenoxy) is 1. The topological polar surface area (TPSA) is 39.1 Å².